The Labute approximate surface area is 152 Å². The summed E-state index contributed by atoms with van der Waals surface area (Å²) >= 11 is 0. The second kappa shape index (κ2) is 7.51. The number of aromatic nitrogens is 4. The number of amides is 1. The summed E-state index contributed by atoms with van der Waals surface area (Å²) in [5.41, 5.74) is 2.62. The third-order valence-electron chi connectivity index (χ3n) is 3.89. The van der Waals surface area contributed by atoms with Crippen LogP contribution in [-0.4, -0.2) is 32.1 Å². The van der Waals surface area contributed by atoms with Gasteiger partial charge in [-0.05, 0) is 37.6 Å². The fourth-order valence-electron chi connectivity index (χ4n) is 2.59. The lowest BCUT2D eigenvalue weighted by molar-refractivity contribution is 0.102. The molecule has 0 aliphatic heterocycles. The maximum Gasteiger partial charge on any atom is 0.261 e. The minimum atomic E-state index is -0.262. The van der Waals surface area contributed by atoms with Crippen LogP contribution in [0.1, 0.15) is 55.0 Å². The van der Waals surface area contributed by atoms with E-state index in [-0.39, 0.29) is 11.8 Å². The molecule has 0 saturated carbocycles. The molecule has 1 amide bonds. The molecule has 0 aromatic carbocycles. The summed E-state index contributed by atoms with van der Waals surface area (Å²) < 4.78 is 7.53. The molecular formula is C19H23N5O2. The van der Waals surface area contributed by atoms with E-state index in [0.717, 1.165) is 23.6 Å². The minimum Gasteiger partial charge on any atom is -0.477 e. The molecule has 0 atom stereocenters. The molecule has 0 unspecified atom stereocenters. The highest BCUT2D eigenvalue weighted by molar-refractivity contribution is 6.05. The molecule has 7 nitrogen and oxygen atoms in total. The van der Waals surface area contributed by atoms with E-state index in [2.05, 4.69) is 34.3 Å². The summed E-state index contributed by atoms with van der Waals surface area (Å²) in [4.78, 5) is 17.1. The molecule has 0 aliphatic rings. The number of fused-ring (bicyclic) bond motifs is 1. The highest BCUT2D eigenvalue weighted by atomic mass is 16.5. The van der Waals surface area contributed by atoms with Crippen LogP contribution < -0.4 is 10.1 Å². The van der Waals surface area contributed by atoms with E-state index in [1.165, 1.54) is 0 Å². The van der Waals surface area contributed by atoms with Gasteiger partial charge in [0.2, 0.25) is 5.88 Å². The van der Waals surface area contributed by atoms with Gasteiger partial charge in [0.1, 0.15) is 11.4 Å². The van der Waals surface area contributed by atoms with Crippen LogP contribution in [0, 0.1) is 6.92 Å². The molecule has 136 valence electrons. The zero-order valence-corrected chi connectivity index (χ0v) is 15.5. The fourth-order valence-corrected chi connectivity index (χ4v) is 2.59. The van der Waals surface area contributed by atoms with Crippen LogP contribution >= 0.6 is 0 Å². The lowest BCUT2D eigenvalue weighted by atomic mass is 10.2. The largest absolute Gasteiger partial charge is 0.477 e. The summed E-state index contributed by atoms with van der Waals surface area (Å²) in [7, 11) is 0. The van der Waals surface area contributed by atoms with E-state index in [1.54, 1.807) is 18.2 Å². The Morgan fingerprint density at radius 3 is 2.77 bits per heavy atom. The van der Waals surface area contributed by atoms with Crippen molar-refractivity contribution in [2.24, 2.45) is 0 Å². The molecule has 1 N–H and O–H groups in total. The smallest absolute Gasteiger partial charge is 0.261 e. The average molecular weight is 353 g/mol. The molecule has 3 rings (SSSR count). The average Bonchev–Trinajstić information content (AvgIpc) is 3.03. The Bertz CT molecular complexity index is 933. The van der Waals surface area contributed by atoms with Crippen molar-refractivity contribution in [1.82, 2.24) is 19.6 Å². The normalized spacial score (nSPS) is 11.1. The Hall–Kier alpha value is -2.96. The van der Waals surface area contributed by atoms with Gasteiger partial charge in [0.15, 0.2) is 5.65 Å². The molecule has 0 aliphatic carbocycles. The van der Waals surface area contributed by atoms with Crippen molar-refractivity contribution >= 4 is 17.2 Å². The first-order chi connectivity index (χ1) is 12.5. The van der Waals surface area contributed by atoms with Crippen LogP contribution in [0.25, 0.3) is 5.65 Å². The second-order valence-electron chi connectivity index (χ2n) is 6.47. The molecule has 0 fully saturated rings. The van der Waals surface area contributed by atoms with Crippen molar-refractivity contribution in [3.05, 3.63) is 47.5 Å². The van der Waals surface area contributed by atoms with Crippen molar-refractivity contribution in [3.63, 3.8) is 0 Å². The molecule has 0 radical (unpaired) electrons. The summed E-state index contributed by atoms with van der Waals surface area (Å²) in [6.07, 6.45) is 2.68. The van der Waals surface area contributed by atoms with Crippen LogP contribution in [0.4, 0.5) is 5.69 Å². The van der Waals surface area contributed by atoms with E-state index in [1.807, 2.05) is 30.5 Å². The number of carbonyl (C=O) groups is 1. The number of nitrogens with one attached hydrogen (secondary N) is 1. The molecule has 3 heterocycles. The highest BCUT2D eigenvalue weighted by Gasteiger charge is 2.16. The SMILES string of the molecule is CCCOc1nc(C)ccc1C(=O)Nc1ccc2nnc(C(C)C)n2c1. The molecule has 0 saturated heterocycles. The molecule has 3 aromatic rings. The topological polar surface area (TPSA) is 81.4 Å². The number of hydrogen-bond donors (Lipinski definition) is 1. The predicted molar refractivity (Wildman–Crippen MR) is 99.8 cm³/mol. The lowest BCUT2D eigenvalue weighted by Gasteiger charge is -2.11. The molecule has 26 heavy (non-hydrogen) atoms. The number of pyridine rings is 2. The first-order valence-electron chi connectivity index (χ1n) is 8.76. The molecular weight excluding hydrogens is 330 g/mol. The second-order valence-corrected chi connectivity index (χ2v) is 6.47. The maximum absolute atomic E-state index is 12.7. The first-order valence-corrected chi connectivity index (χ1v) is 8.76. The molecule has 3 aromatic heterocycles. The number of aryl methyl sites for hydroxylation is 1. The van der Waals surface area contributed by atoms with Gasteiger partial charge in [-0.15, -0.1) is 10.2 Å². The predicted octanol–water partition coefficient (Wildman–Crippen LogP) is 3.60. The molecule has 0 spiro atoms. The summed E-state index contributed by atoms with van der Waals surface area (Å²) in [5.74, 6) is 1.17. The van der Waals surface area contributed by atoms with Gasteiger partial charge in [-0.2, -0.15) is 0 Å². The standard InChI is InChI=1S/C19H23N5O2/c1-5-10-26-19-15(8-6-13(4)20-19)18(25)21-14-7-9-16-22-23-17(12(2)3)24(16)11-14/h6-9,11-12H,5,10H2,1-4H3,(H,21,25). The summed E-state index contributed by atoms with van der Waals surface area (Å²) in [6.45, 7) is 8.50. The molecule has 0 bridgehead atoms. The number of carbonyl (C=O) groups excluding carboxylic acids is 1. The van der Waals surface area contributed by atoms with Crippen molar-refractivity contribution in [1.29, 1.82) is 0 Å². The summed E-state index contributed by atoms with van der Waals surface area (Å²) in [5, 5.41) is 11.3. The number of hydrogen-bond acceptors (Lipinski definition) is 5. The Morgan fingerprint density at radius 2 is 2.04 bits per heavy atom. The lowest BCUT2D eigenvalue weighted by Crippen LogP contribution is -2.15. The number of rotatable bonds is 6. The van der Waals surface area contributed by atoms with Crippen LogP contribution in [0.5, 0.6) is 5.88 Å². The van der Waals surface area contributed by atoms with Crippen molar-refractivity contribution in [2.75, 3.05) is 11.9 Å². The van der Waals surface area contributed by atoms with E-state index in [9.17, 15) is 4.79 Å². The fraction of sp³-hybridized carbons (Fsp3) is 0.368. The van der Waals surface area contributed by atoms with Crippen LogP contribution in [0.15, 0.2) is 30.5 Å². The van der Waals surface area contributed by atoms with Crippen LogP contribution in [0.2, 0.25) is 0 Å². The van der Waals surface area contributed by atoms with Gasteiger partial charge in [0, 0.05) is 17.8 Å². The Kier molecular flexibility index (Phi) is 5.16. The number of nitrogens with zero attached hydrogens (tertiary/aromatic N) is 4. The number of anilines is 1. The summed E-state index contributed by atoms with van der Waals surface area (Å²) in [6, 6.07) is 7.17. The van der Waals surface area contributed by atoms with Gasteiger partial charge in [-0.3, -0.25) is 9.20 Å². The first kappa shape index (κ1) is 17.8. The minimum absolute atomic E-state index is 0.228. The van der Waals surface area contributed by atoms with E-state index < -0.39 is 0 Å². The van der Waals surface area contributed by atoms with Gasteiger partial charge in [0.05, 0.1) is 12.3 Å². The van der Waals surface area contributed by atoms with Gasteiger partial charge in [-0.1, -0.05) is 20.8 Å². The zero-order valence-electron chi connectivity index (χ0n) is 15.5. The Morgan fingerprint density at radius 1 is 1.23 bits per heavy atom. The van der Waals surface area contributed by atoms with Gasteiger partial charge < -0.3 is 10.1 Å². The monoisotopic (exact) mass is 353 g/mol. The highest BCUT2D eigenvalue weighted by Crippen LogP contribution is 2.20. The van der Waals surface area contributed by atoms with Crippen molar-refractivity contribution < 1.29 is 9.53 Å². The number of ether oxygens (including phenoxy) is 1. The molecule has 7 heteroatoms. The van der Waals surface area contributed by atoms with Crippen molar-refractivity contribution in [3.8, 4) is 5.88 Å². The third kappa shape index (κ3) is 3.66. The van der Waals surface area contributed by atoms with E-state index in [0.29, 0.717) is 23.7 Å². The van der Waals surface area contributed by atoms with E-state index >= 15 is 0 Å². The van der Waals surface area contributed by atoms with Gasteiger partial charge in [0.25, 0.3) is 5.91 Å². The van der Waals surface area contributed by atoms with Crippen LogP contribution in [-0.2, 0) is 0 Å². The zero-order chi connectivity index (χ0) is 18.7. The maximum atomic E-state index is 12.7. The Balaban J connectivity index is 1.88. The van der Waals surface area contributed by atoms with Gasteiger partial charge >= 0.3 is 0 Å². The third-order valence-corrected chi connectivity index (χ3v) is 3.89. The van der Waals surface area contributed by atoms with Crippen LogP contribution in [0.3, 0.4) is 0 Å². The quantitative estimate of drug-likeness (QED) is 0.732. The van der Waals surface area contributed by atoms with Crippen molar-refractivity contribution in [2.45, 2.75) is 40.0 Å². The van der Waals surface area contributed by atoms with Gasteiger partial charge in [-0.25, -0.2) is 4.98 Å². The van der Waals surface area contributed by atoms with E-state index in [4.69, 9.17) is 4.74 Å².